The molecule has 0 saturated heterocycles. The van der Waals surface area contributed by atoms with Crippen LogP contribution in [0.25, 0.3) is 11.3 Å². The van der Waals surface area contributed by atoms with E-state index in [0.717, 1.165) is 12.1 Å². The van der Waals surface area contributed by atoms with Gasteiger partial charge in [-0.05, 0) is 30.3 Å². The lowest BCUT2D eigenvalue weighted by Gasteiger charge is -2.13. The number of hydrogen-bond acceptors (Lipinski definition) is 3. The van der Waals surface area contributed by atoms with E-state index in [0.29, 0.717) is 12.1 Å². The quantitative estimate of drug-likeness (QED) is 0.531. The van der Waals surface area contributed by atoms with E-state index in [2.05, 4.69) is 4.98 Å². The summed E-state index contributed by atoms with van der Waals surface area (Å²) in [6, 6.07) is 10.6. The SMILES string of the molecule is O=C(O)c1cc(F)c(-c2cccc(C(F)(F)F)c2)nc1Oc1ccccc1Cl. The van der Waals surface area contributed by atoms with E-state index in [1.54, 1.807) is 12.1 Å². The molecule has 0 spiro atoms. The van der Waals surface area contributed by atoms with Crippen molar-refractivity contribution in [1.82, 2.24) is 4.98 Å². The van der Waals surface area contributed by atoms with Crippen molar-refractivity contribution in [3.05, 3.63) is 76.6 Å². The van der Waals surface area contributed by atoms with Gasteiger partial charge in [0, 0.05) is 5.56 Å². The first-order valence-corrected chi connectivity index (χ1v) is 8.08. The average molecular weight is 412 g/mol. The van der Waals surface area contributed by atoms with Crippen LogP contribution in [0.5, 0.6) is 11.6 Å². The van der Waals surface area contributed by atoms with Crippen LogP contribution in [0.1, 0.15) is 15.9 Å². The van der Waals surface area contributed by atoms with Gasteiger partial charge in [0.05, 0.1) is 10.6 Å². The summed E-state index contributed by atoms with van der Waals surface area (Å²) in [4.78, 5) is 15.2. The van der Waals surface area contributed by atoms with Gasteiger partial charge in [-0.3, -0.25) is 0 Å². The standard InChI is InChI=1S/C19H10ClF4NO3/c20-13-6-1-2-7-15(13)28-17-12(18(26)27)9-14(21)16(25-17)10-4-3-5-11(8-10)19(22,23)24/h1-9H,(H,26,27). The van der Waals surface area contributed by atoms with Gasteiger partial charge in [-0.1, -0.05) is 35.9 Å². The molecule has 1 aromatic heterocycles. The van der Waals surface area contributed by atoms with Crippen molar-refractivity contribution in [2.75, 3.05) is 0 Å². The Morgan fingerprint density at radius 2 is 1.79 bits per heavy atom. The van der Waals surface area contributed by atoms with Crippen molar-refractivity contribution < 1.29 is 32.2 Å². The number of carboxylic acids is 1. The highest BCUT2D eigenvalue weighted by Gasteiger charge is 2.31. The monoisotopic (exact) mass is 411 g/mol. The number of hydrogen-bond donors (Lipinski definition) is 1. The summed E-state index contributed by atoms with van der Waals surface area (Å²) < 4.78 is 58.6. The Bertz CT molecular complexity index is 1050. The Kier molecular flexibility index (Phi) is 5.24. The lowest BCUT2D eigenvalue weighted by molar-refractivity contribution is -0.137. The molecule has 0 fully saturated rings. The number of carbonyl (C=O) groups is 1. The van der Waals surface area contributed by atoms with Crippen LogP contribution in [0.2, 0.25) is 5.02 Å². The van der Waals surface area contributed by atoms with Crippen LogP contribution in [-0.2, 0) is 6.18 Å². The molecule has 0 unspecified atom stereocenters. The van der Waals surface area contributed by atoms with E-state index in [9.17, 15) is 27.5 Å². The van der Waals surface area contributed by atoms with Crippen molar-refractivity contribution in [1.29, 1.82) is 0 Å². The number of nitrogens with zero attached hydrogens (tertiary/aromatic N) is 1. The molecule has 0 radical (unpaired) electrons. The number of alkyl halides is 3. The fraction of sp³-hybridized carbons (Fsp3) is 0.0526. The van der Waals surface area contributed by atoms with E-state index in [-0.39, 0.29) is 16.3 Å². The zero-order valence-corrected chi connectivity index (χ0v) is 14.6. The molecule has 0 aliphatic heterocycles. The highest BCUT2D eigenvalue weighted by Crippen LogP contribution is 2.35. The van der Waals surface area contributed by atoms with Gasteiger partial charge >= 0.3 is 12.1 Å². The first kappa shape index (κ1) is 19.6. The molecule has 0 saturated carbocycles. The van der Waals surface area contributed by atoms with E-state index in [1.165, 1.54) is 18.2 Å². The molecule has 9 heteroatoms. The smallest absolute Gasteiger partial charge is 0.416 e. The van der Waals surface area contributed by atoms with Crippen molar-refractivity contribution in [3.8, 4) is 22.9 Å². The average Bonchev–Trinajstić information content (AvgIpc) is 2.64. The number of pyridine rings is 1. The highest BCUT2D eigenvalue weighted by atomic mass is 35.5. The molecule has 0 aliphatic carbocycles. The van der Waals surface area contributed by atoms with Gasteiger partial charge in [0.1, 0.15) is 17.0 Å². The predicted molar refractivity (Wildman–Crippen MR) is 93.1 cm³/mol. The zero-order chi connectivity index (χ0) is 20.5. The third kappa shape index (κ3) is 4.07. The fourth-order valence-corrected chi connectivity index (χ4v) is 2.55. The summed E-state index contributed by atoms with van der Waals surface area (Å²) in [5.41, 5.74) is -2.28. The van der Waals surface area contributed by atoms with Gasteiger partial charge < -0.3 is 9.84 Å². The van der Waals surface area contributed by atoms with Crippen LogP contribution in [0.4, 0.5) is 17.6 Å². The second-order valence-corrected chi connectivity index (χ2v) is 5.99. The third-order valence-electron chi connectivity index (χ3n) is 3.68. The number of carboxylic acid groups (broad SMARTS) is 1. The normalized spacial score (nSPS) is 11.3. The van der Waals surface area contributed by atoms with Gasteiger partial charge in [-0.2, -0.15) is 13.2 Å². The summed E-state index contributed by atoms with van der Waals surface area (Å²) in [6.45, 7) is 0. The number of aromatic carboxylic acids is 1. The Morgan fingerprint density at radius 3 is 2.43 bits per heavy atom. The number of aromatic nitrogens is 1. The van der Waals surface area contributed by atoms with Crippen LogP contribution < -0.4 is 4.74 Å². The summed E-state index contributed by atoms with van der Waals surface area (Å²) in [5.74, 6) is -3.08. The molecule has 28 heavy (non-hydrogen) atoms. The number of rotatable bonds is 4. The van der Waals surface area contributed by atoms with Gasteiger partial charge in [0.15, 0.2) is 5.82 Å². The number of para-hydroxylation sites is 1. The summed E-state index contributed by atoms with van der Waals surface area (Å²) in [5, 5.41) is 9.43. The molecule has 4 nitrogen and oxygen atoms in total. The van der Waals surface area contributed by atoms with Gasteiger partial charge in [0.2, 0.25) is 5.88 Å². The van der Waals surface area contributed by atoms with Crippen LogP contribution in [0.3, 0.4) is 0 Å². The Morgan fingerprint density at radius 1 is 1.07 bits per heavy atom. The van der Waals surface area contributed by atoms with Crippen molar-refractivity contribution in [2.24, 2.45) is 0 Å². The molecule has 0 bridgehead atoms. The molecule has 1 heterocycles. The fourth-order valence-electron chi connectivity index (χ4n) is 2.38. The molecule has 144 valence electrons. The van der Waals surface area contributed by atoms with Crippen molar-refractivity contribution in [3.63, 3.8) is 0 Å². The maximum atomic E-state index is 14.4. The first-order chi connectivity index (χ1) is 13.2. The minimum atomic E-state index is -4.63. The van der Waals surface area contributed by atoms with Gasteiger partial charge in [-0.15, -0.1) is 0 Å². The van der Waals surface area contributed by atoms with Crippen LogP contribution in [0.15, 0.2) is 54.6 Å². The molecule has 3 rings (SSSR count). The molecule has 0 aliphatic rings. The molecule has 2 aromatic carbocycles. The third-order valence-corrected chi connectivity index (χ3v) is 3.99. The molecule has 0 amide bonds. The lowest BCUT2D eigenvalue weighted by Crippen LogP contribution is -2.07. The maximum Gasteiger partial charge on any atom is 0.416 e. The predicted octanol–water partition coefficient (Wildman–Crippen LogP) is 6.05. The second-order valence-electron chi connectivity index (χ2n) is 5.59. The summed E-state index contributed by atoms with van der Waals surface area (Å²) in [7, 11) is 0. The van der Waals surface area contributed by atoms with Crippen LogP contribution >= 0.6 is 11.6 Å². The largest absolute Gasteiger partial charge is 0.477 e. The van der Waals surface area contributed by atoms with E-state index in [4.69, 9.17) is 16.3 Å². The van der Waals surface area contributed by atoms with E-state index >= 15 is 0 Å². The number of benzene rings is 2. The molecule has 0 atom stereocenters. The van der Waals surface area contributed by atoms with Crippen LogP contribution in [-0.4, -0.2) is 16.1 Å². The molecule has 3 aromatic rings. The van der Waals surface area contributed by atoms with Crippen LogP contribution in [0, 0.1) is 5.82 Å². The molecular formula is C19H10ClF4NO3. The van der Waals surface area contributed by atoms with Gasteiger partial charge in [0.25, 0.3) is 0 Å². The topological polar surface area (TPSA) is 59.4 Å². The minimum absolute atomic E-state index is 0.0563. The van der Waals surface area contributed by atoms with Crippen molar-refractivity contribution >= 4 is 17.6 Å². The Labute approximate surface area is 161 Å². The Hall–Kier alpha value is -3.13. The lowest BCUT2D eigenvalue weighted by atomic mass is 10.1. The number of ether oxygens (including phenoxy) is 1. The number of halogens is 5. The summed E-state index contributed by atoms with van der Waals surface area (Å²) >= 11 is 5.97. The highest BCUT2D eigenvalue weighted by molar-refractivity contribution is 6.32. The van der Waals surface area contributed by atoms with Crippen molar-refractivity contribution in [2.45, 2.75) is 6.18 Å². The van der Waals surface area contributed by atoms with E-state index < -0.39 is 40.7 Å². The van der Waals surface area contributed by atoms with E-state index in [1.807, 2.05) is 0 Å². The Balaban J connectivity index is 2.14. The molecular weight excluding hydrogens is 402 g/mol. The second kappa shape index (κ2) is 7.47. The summed E-state index contributed by atoms with van der Waals surface area (Å²) in [6.07, 6.45) is -4.63. The first-order valence-electron chi connectivity index (χ1n) is 7.70. The maximum absolute atomic E-state index is 14.4. The molecule has 1 N–H and O–H groups in total. The van der Waals surface area contributed by atoms with Gasteiger partial charge in [-0.25, -0.2) is 14.2 Å². The minimum Gasteiger partial charge on any atom is -0.477 e. The zero-order valence-electron chi connectivity index (χ0n) is 13.8.